The summed E-state index contributed by atoms with van der Waals surface area (Å²) in [5.74, 6) is 0.205. The fourth-order valence-corrected chi connectivity index (χ4v) is 6.17. The molecule has 3 aromatic rings. The predicted molar refractivity (Wildman–Crippen MR) is 124 cm³/mol. The van der Waals surface area contributed by atoms with Crippen molar-refractivity contribution in [3.63, 3.8) is 0 Å². The van der Waals surface area contributed by atoms with Crippen molar-refractivity contribution in [2.45, 2.75) is 44.9 Å². The van der Waals surface area contributed by atoms with Gasteiger partial charge >= 0.3 is 6.18 Å². The number of nitrogens with zero attached hydrogens (tertiary/aromatic N) is 5. The highest BCUT2D eigenvalue weighted by atomic mass is 35.5. The van der Waals surface area contributed by atoms with Crippen molar-refractivity contribution in [1.82, 2.24) is 19.7 Å². The van der Waals surface area contributed by atoms with Gasteiger partial charge in [-0.25, -0.2) is 8.78 Å². The Morgan fingerprint density at radius 3 is 2.47 bits per heavy atom. The maximum atomic E-state index is 14.6. The first-order valence-electron chi connectivity index (χ1n) is 11.7. The van der Waals surface area contributed by atoms with Gasteiger partial charge in [-0.2, -0.15) is 13.2 Å². The van der Waals surface area contributed by atoms with Gasteiger partial charge < -0.3 is 4.90 Å². The molecule has 190 valence electrons. The number of hydrogen-bond donors (Lipinski definition) is 0. The number of aromatic nitrogens is 3. The number of anilines is 1. The molecule has 0 unspecified atom stereocenters. The van der Waals surface area contributed by atoms with E-state index in [1.54, 1.807) is 12.1 Å². The van der Waals surface area contributed by atoms with Gasteiger partial charge in [0.1, 0.15) is 11.6 Å². The smallest absolute Gasteiger partial charge is 0.368 e. The molecule has 0 atom stereocenters. The predicted octanol–water partition coefficient (Wildman–Crippen LogP) is 5.77. The van der Waals surface area contributed by atoms with Crippen LogP contribution in [0.4, 0.5) is 27.6 Å². The van der Waals surface area contributed by atoms with E-state index < -0.39 is 24.4 Å². The zero-order valence-electron chi connectivity index (χ0n) is 19.4. The van der Waals surface area contributed by atoms with Crippen molar-refractivity contribution in [2.75, 3.05) is 24.5 Å². The van der Waals surface area contributed by atoms with Gasteiger partial charge in [-0.1, -0.05) is 11.6 Å². The Morgan fingerprint density at radius 2 is 1.75 bits per heavy atom. The topological polar surface area (TPSA) is 37.2 Å². The molecule has 2 aliphatic heterocycles. The summed E-state index contributed by atoms with van der Waals surface area (Å²) in [4.78, 5) is 3.23. The van der Waals surface area contributed by atoms with Gasteiger partial charge in [-0.3, -0.25) is 9.47 Å². The zero-order chi connectivity index (χ0) is 25.4. The summed E-state index contributed by atoms with van der Waals surface area (Å²) in [5, 5.41) is 9.14. The maximum Gasteiger partial charge on any atom is 0.401 e. The highest BCUT2D eigenvalue weighted by molar-refractivity contribution is 6.30. The molecule has 1 saturated carbocycles. The standard InChI is InChI=1S/C25H23ClF5N5/c1-14-18(27)3-5-20(22(14)28)35-11-24(12-35)7-16(8-24)23-33-32-21-10-34(13-25(29,30)31)9-15-6-17(26)2-4-19(15)36(21)23/h2-6,16H,7-13H2,1H3. The van der Waals surface area contributed by atoms with E-state index in [9.17, 15) is 22.0 Å². The molecule has 36 heavy (non-hydrogen) atoms. The first kappa shape index (κ1) is 23.7. The van der Waals surface area contributed by atoms with Crippen LogP contribution >= 0.6 is 11.6 Å². The van der Waals surface area contributed by atoms with Crippen LogP contribution in [0.3, 0.4) is 0 Å². The minimum atomic E-state index is -4.34. The number of alkyl halides is 3. The molecular weight excluding hydrogens is 501 g/mol. The summed E-state index contributed by atoms with van der Waals surface area (Å²) in [5.41, 5.74) is 1.89. The van der Waals surface area contributed by atoms with Gasteiger partial charge in [-0.05, 0) is 55.7 Å². The van der Waals surface area contributed by atoms with Crippen LogP contribution in [0.2, 0.25) is 5.02 Å². The zero-order valence-corrected chi connectivity index (χ0v) is 20.2. The van der Waals surface area contributed by atoms with E-state index in [-0.39, 0.29) is 30.0 Å². The van der Waals surface area contributed by atoms with E-state index in [2.05, 4.69) is 10.2 Å². The van der Waals surface area contributed by atoms with Crippen molar-refractivity contribution in [3.05, 3.63) is 69.8 Å². The molecule has 6 rings (SSSR count). The Bertz CT molecular complexity index is 1340. The van der Waals surface area contributed by atoms with Gasteiger partial charge in [0.2, 0.25) is 0 Å². The van der Waals surface area contributed by atoms with Gasteiger partial charge in [0, 0.05) is 41.6 Å². The second kappa shape index (κ2) is 8.14. The van der Waals surface area contributed by atoms with Crippen LogP contribution < -0.4 is 4.90 Å². The second-order valence-corrected chi connectivity index (χ2v) is 10.7. The minimum absolute atomic E-state index is 0.0155. The Labute approximate surface area is 209 Å². The molecule has 3 heterocycles. The van der Waals surface area contributed by atoms with Crippen LogP contribution in [0.15, 0.2) is 30.3 Å². The third-order valence-electron chi connectivity index (χ3n) is 7.62. The largest absolute Gasteiger partial charge is 0.401 e. The van der Waals surface area contributed by atoms with Crippen molar-refractivity contribution in [1.29, 1.82) is 0 Å². The molecule has 1 aliphatic carbocycles. The molecule has 0 bridgehead atoms. The lowest BCUT2D eigenvalue weighted by molar-refractivity contribution is -0.148. The summed E-state index contributed by atoms with van der Waals surface area (Å²) in [6, 6.07) is 8.00. The van der Waals surface area contributed by atoms with E-state index in [1.165, 1.54) is 24.0 Å². The Hall–Kier alpha value is -2.72. The maximum absolute atomic E-state index is 14.6. The lowest BCUT2D eigenvalue weighted by atomic mass is 9.57. The fraction of sp³-hybridized carbons (Fsp3) is 0.440. The first-order chi connectivity index (χ1) is 17.0. The number of hydrogen-bond acceptors (Lipinski definition) is 4. The molecule has 11 heteroatoms. The van der Waals surface area contributed by atoms with Crippen LogP contribution in [0.5, 0.6) is 0 Å². The fourth-order valence-electron chi connectivity index (χ4n) is 5.97. The molecule has 0 radical (unpaired) electrons. The van der Waals surface area contributed by atoms with E-state index in [1.807, 2.05) is 15.5 Å². The van der Waals surface area contributed by atoms with E-state index in [0.717, 1.165) is 24.4 Å². The Balaban J connectivity index is 1.23. The normalized spacial score (nSPS) is 19.5. The molecule has 1 spiro atoms. The summed E-state index contributed by atoms with van der Waals surface area (Å²) >= 11 is 6.18. The van der Waals surface area contributed by atoms with Crippen molar-refractivity contribution in [3.8, 4) is 5.69 Å². The molecule has 0 N–H and O–H groups in total. The molecule has 0 amide bonds. The van der Waals surface area contributed by atoms with Gasteiger partial charge in [0.05, 0.1) is 24.5 Å². The molecule has 1 aromatic heterocycles. The summed E-state index contributed by atoms with van der Waals surface area (Å²) in [6.07, 6.45) is -2.70. The number of halogens is 6. The quantitative estimate of drug-likeness (QED) is 0.409. The molecule has 3 aliphatic rings. The van der Waals surface area contributed by atoms with Crippen LogP contribution in [-0.2, 0) is 13.1 Å². The molecule has 5 nitrogen and oxygen atoms in total. The molecule has 2 aromatic carbocycles. The van der Waals surface area contributed by atoms with Gasteiger partial charge in [0.15, 0.2) is 11.6 Å². The average Bonchev–Trinajstić information content (AvgIpc) is 3.06. The number of rotatable bonds is 3. The SMILES string of the molecule is Cc1c(F)ccc(N2CC3(CC(c4nnc5n4-c4ccc(Cl)cc4CN(CC(F)(F)F)C5)C3)C2)c1F. The third-order valence-corrected chi connectivity index (χ3v) is 7.85. The first-order valence-corrected chi connectivity index (χ1v) is 12.1. The van der Waals surface area contributed by atoms with E-state index in [4.69, 9.17) is 11.6 Å². The molecule has 1 saturated heterocycles. The third kappa shape index (κ3) is 3.94. The van der Waals surface area contributed by atoms with Crippen molar-refractivity contribution >= 4 is 17.3 Å². The summed E-state index contributed by atoms with van der Waals surface area (Å²) < 4.78 is 69.7. The molecule has 2 fully saturated rings. The van der Waals surface area contributed by atoms with Crippen molar-refractivity contribution in [2.24, 2.45) is 5.41 Å². The van der Waals surface area contributed by atoms with Gasteiger partial charge in [-0.15, -0.1) is 10.2 Å². The number of benzene rings is 2. The Morgan fingerprint density at radius 1 is 1.03 bits per heavy atom. The lowest BCUT2D eigenvalue weighted by Gasteiger charge is -2.59. The van der Waals surface area contributed by atoms with Crippen LogP contribution in [0.1, 0.15) is 41.5 Å². The summed E-state index contributed by atoms with van der Waals surface area (Å²) in [6.45, 7) is 1.83. The van der Waals surface area contributed by atoms with E-state index in [0.29, 0.717) is 35.2 Å². The van der Waals surface area contributed by atoms with E-state index >= 15 is 0 Å². The van der Waals surface area contributed by atoms with Crippen LogP contribution in [-0.4, -0.2) is 45.5 Å². The van der Waals surface area contributed by atoms with Crippen LogP contribution in [0.25, 0.3) is 5.69 Å². The lowest BCUT2D eigenvalue weighted by Crippen LogP contribution is -2.62. The highest BCUT2D eigenvalue weighted by Gasteiger charge is 2.54. The average molecular weight is 524 g/mol. The van der Waals surface area contributed by atoms with Gasteiger partial charge in [0.25, 0.3) is 0 Å². The second-order valence-electron chi connectivity index (χ2n) is 10.3. The highest BCUT2D eigenvalue weighted by Crippen LogP contribution is 2.57. The number of fused-ring (bicyclic) bond motifs is 3. The molecular formula is C25H23ClF5N5. The van der Waals surface area contributed by atoms with Crippen LogP contribution in [0, 0.1) is 24.0 Å². The minimum Gasteiger partial charge on any atom is -0.368 e. The van der Waals surface area contributed by atoms with Crippen molar-refractivity contribution < 1.29 is 22.0 Å². The monoisotopic (exact) mass is 523 g/mol. The summed E-state index contributed by atoms with van der Waals surface area (Å²) in [7, 11) is 0. The Kier molecular flexibility index (Phi) is 5.35.